The SMILES string of the molecule is CC(=O)c1cnoc1-c1ccc(Br)cc1. The number of halogens is 1. The van der Waals surface area contributed by atoms with Gasteiger partial charge in [-0.05, 0) is 31.2 Å². The number of carbonyl (C=O) groups excluding carboxylic acids is 1. The molecule has 0 spiro atoms. The molecule has 76 valence electrons. The zero-order valence-electron chi connectivity index (χ0n) is 8.03. The van der Waals surface area contributed by atoms with Gasteiger partial charge in [-0.3, -0.25) is 4.79 Å². The maximum absolute atomic E-state index is 11.3. The van der Waals surface area contributed by atoms with Crippen LogP contribution in [0.15, 0.2) is 39.5 Å². The normalized spacial score (nSPS) is 10.3. The van der Waals surface area contributed by atoms with Crippen LogP contribution in [0.2, 0.25) is 0 Å². The number of aromatic nitrogens is 1. The van der Waals surface area contributed by atoms with E-state index in [9.17, 15) is 4.79 Å². The maximum atomic E-state index is 11.3. The van der Waals surface area contributed by atoms with Crippen LogP contribution in [-0.4, -0.2) is 10.9 Å². The van der Waals surface area contributed by atoms with Gasteiger partial charge in [-0.25, -0.2) is 0 Å². The van der Waals surface area contributed by atoms with Crippen LogP contribution in [0.3, 0.4) is 0 Å². The second-order valence-electron chi connectivity index (χ2n) is 3.13. The van der Waals surface area contributed by atoms with Gasteiger partial charge in [0, 0.05) is 10.0 Å². The summed E-state index contributed by atoms with van der Waals surface area (Å²) in [5.74, 6) is 0.476. The lowest BCUT2D eigenvalue weighted by Crippen LogP contribution is -1.91. The molecule has 15 heavy (non-hydrogen) atoms. The van der Waals surface area contributed by atoms with Crippen molar-refractivity contribution in [3.63, 3.8) is 0 Å². The summed E-state index contributed by atoms with van der Waals surface area (Å²) in [6.45, 7) is 1.49. The van der Waals surface area contributed by atoms with Crippen LogP contribution in [0.4, 0.5) is 0 Å². The number of ketones is 1. The van der Waals surface area contributed by atoms with Crippen LogP contribution in [0, 0.1) is 0 Å². The molecule has 0 fully saturated rings. The highest BCUT2D eigenvalue weighted by atomic mass is 79.9. The minimum Gasteiger partial charge on any atom is -0.356 e. The van der Waals surface area contributed by atoms with Crippen molar-refractivity contribution in [2.24, 2.45) is 0 Å². The van der Waals surface area contributed by atoms with Crippen molar-refractivity contribution in [2.45, 2.75) is 6.92 Å². The molecule has 2 rings (SSSR count). The molecule has 0 atom stereocenters. The fourth-order valence-corrected chi connectivity index (χ4v) is 1.56. The minimum atomic E-state index is -0.0471. The molecule has 0 saturated carbocycles. The molecule has 3 nitrogen and oxygen atoms in total. The van der Waals surface area contributed by atoms with Crippen LogP contribution >= 0.6 is 15.9 Å². The first-order valence-electron chi connectivity index (χ1n) is 4.40. The second-order valence-corrected chi connectivity index (χ2v) is 4.05. The molecule has 0 unspecified atom stereocenters. The van der Waals surface area contributed by atoms with Gasteiger partial charge < -0.3 is 4.52 Å². The standard InChI is InChI=1S/C11H8BrNO2/c1-7(14)10-6-13-15-11(10)8-2-4-9(12)5-3-8/h2-6H,1H3. The van der Waals surface area contributed by atoms with E-state index in [1.807, 2.05) is 24.3 Å². The van der Waals surface area contributed by atoms with Crippen molar-refractivity contribution in [1.29, 1.82) is 0 Å². The van der Waals surface area contributed by atoms with Crippen molar-refractivity contribution in [3.05, 3.63) is 40.5 Å². The van der Waals surface area contributed by atoms with E-state index < -0.39 is 0 Å². The van der Waals surface area contributed by atoms with E-state index in [1.165, 1.54) is 13.1 Å². The molecule has 0 aliphatic rings. The van der Waals surface area contributed by atoms with Gasteiger partial charge in [0.05, 0.1) is 11.8 Å². The Kier molecular flexibility index (Phi) is 2.68. The quantitative estimate of drug-likeness (QED) is 0.783. The Morgan fingerprint density at radius 1 is 1.33 bits per heavy atom. The highest BCUT2D eigenvalue weighted by molar-refractivity contribution is 9.10. The largest absolute Gasteiger partial charge is 0.356 e. The second kappa shape index (κ2) is 3.98. The van der Waals surface area contributed by atoms with Gasteiger partial charge in [-0.2, -0.15) is 0 Å². The molecule has 1 heterocycles. The number of hydrogen-bond acceptors (Lipinski definition) is 3. The van der Waals surface area contributed by atoms with Crippen molar-refractivity contribution >= 4 is 21.7 Å². The lowest BCUT2D eigenvalue weighted by atomic mass is 10.1. The van der Waals surface area contributed by atoms with E-state index in [0.717, 1.165) is 10.0 Å². The van der Waals surface area contributed by atoms with Crippen molar-refractivity contribution < 1.29 is 9.32 Å². The summed E-state index contributed by atoms with van der Waals surface area (Å²) in [5, 5.41) is 3.63. The summed E-state index contributed by atoms with van der Waals surface area (Å²) < 4.78 is 6.05. The van der Waals surface area contributed by atoms with Crippen molar-refractivity contribution in [2.75, 3.05) is 0 Å². The number of Topliss-reactive ketones (excluding diaryl/α,β-unsaturated/α-hetero) is 1. The predicted molar refractivity (Wildman–Crippen MR) is 59.6 cm³/mol. The molecule has 0 saturated heterocycles. The Hall–Kier alpha value is -1.42. The first-order valence-corrected chi connectivity index (χ1v) is 5.19. The summed E-state index contributed by atoms with van der Waals surface area (Å²) in [5.41, 5.74) is 1.36. The highest BCUT2D eigenvalue weighted by Crippen LogP contribution is 2.25. The summed E-state index contributed by atoms with van der Waals surface area (Å²) in [7, 11) is 0. The van der Waals surface area contributed by atoms with E-state index >= 15 is 0 Å². The molecular formula is C11H8BrNO2. The number of rotatable bonds is 2. The third-order valence-electron chi connectivity index (χ3n) is 2.06. The molecule has 2 aromatic rings. The van der Waals surface area contributed by atoms with Gasteiger partial charge in [-0.1, -0.05) is 21.1 Å². The Morgan fingerprint density at radius 3 is 2.60 bits per heavy atom. The van der Waals surface area contributed by atoms with Gasteiger partial charge in [-0.15, -0.1) is 0 Å². The molecule has 1 aromatic heterocycles. The van der Waals surface area contributed by atoms with Gasteiger partial charge in [0.2, 0.25) is 0 Å². The third-order valence-corrected chi connectivity index (χ3v) is 2.58. The van der Waals surface area contributed by atoms with E-state index in [4.69, 9.17) is 4.52 Å². The van der Waals surface area contributed by atoms with E-state index in [2.05, 4.69) is 21.1 Å². The Morgan fingerprint density at radius 2 is 2.00 bits per heavy atom. The molecule has 0 N–H and O–H groups in total. The number of nitrogens with zero attached hydrogens (tertiary/aromatic N) is 1. The number of carbonyl (C=O) groups is 1. The van der Waals surface area contributed by atoms with Gasteiger partial charge in [0.15, 0.2) is 11.5 Å². The molecule has 0 aliphatic heterocycles. The van der Waals surface area contributed by atoms with Gasteiger partial charge in [0.1, 0.15) is 0 Å². The molecule has 0 amide bonds. The summed E-state index contributed by atoms with van der Waals surface area (Å²) in [4.78, 5) is 11.3. The molecule has 4 heteroatoms. The molecule has 1 aromatic carbocycles. The van der Waals surface area contributed by atoms with Gasteiger partial charge in [0.25, 0.3) is 0 Å². The first-order chi connectivity index (χ1) is 7.18. The van der Waals surface area contributed by atoms with Crippen LogP contribution in [0.25, 0.3) is 11.3 Å². The Bertz CT molecular complexity index is 488. The number of benzene rings is 1. The molecular weight excluding hydrogens is 258 g/mol. The lowest BCUT2D eigenvalue weighted by Gasteiger charge is -1.98. The van der Waals surface area contributed by atoms with Gasteiger partial charge >= 0.3 is 0 Å². The zero-order valence-corrected chi connectivity index (χ0v) is 9.61. The molecule has 0 aliphatic carbocycles. The maximum Gasteiger partial charge on any atom is 0.177 e. The van der Waals surface area contributed by atoms with Crippen molar-refractivity contribution in [1.82, 2.24) is 5.16 Å². The van der Waals surface area contributed by atoms with Crippen molar-refractivity contribution in [3.8, 4) is 11.3 Å². The fourth-order valence-electron chi connectivity index (χ4n) is 1.30. The average molecular weight is 266 g/mol. The third kappa shape index (κ3) is 1.99. The number of hydrogen-bond donors (Lipinski definition) is 0. The van der Waals surface area contributed by atoms with Crippen LogP contribution < -0.4 is 0 Å². The summed E-state index contributed by atoms with van der Waals surface area (Å²) in [6, 6.07) is 7.53. The van der Waals surface area contributed by atoms with Crippen LogP contribution in [0.5, 0.6) is 0 Å². The lowest BCUT2D eigenvalue weighted by molar-refractivity contribution is 0.101. The molecule has 0 radical (unpaired) electrons. The topological polar surface area (TPSA) is 43.1 Å². The Balaban J connectivity index is 2.49. The average Bonchev–Trinajstić information content (AvgIpc) is 2.67. The monoisotopic (exact) mass is 265 g/mol. The predicted octanol–water partition coefficient (Wildman–Crippen LogP) is 3.31. The molecule has 0 bridgehead atoms. The first kappa shape index (κ1) is 10.1. The van der Waals surface area contributed by atoms with Crippen LogP contribution in [-0.2, 0) is 0 Å². The highest BCUT2D eigenvalue weighted by Gasteiger charge is 2.13. The van der Waals surface area contributed by atoms with E-state index in [1.54, 1.807) is 0 Å². The van der Waals surface area contributed by atoms with E-state index in [0.29, 0.717) is 11.3 Å². The summed E-state index contributed by atoms with van der Waals surface area (Å²) >= 11 is 3.34. The summed E-state index contributed by atoms with van der Waals surface area (Å²) in [6.07, 6.45) is 1.44. The van der Waals surface area contributed by atoms with E-state index in [-0.39, 0.29) is 5.78 Å². The zero-order chi connectivity index (χ0) is 10.8. The van der Waals surface area contributed by atoms with Crippen LogP contribution in [0.1, 0.15) is 17.3 Å². The Labute approximate surface area is 95.2 Å². The minimum absolute atomic E-state index is 0.0471. The smallest absolute Gasteiger partial charge is 0.177 e. The fraction of sp³-hybridized carbons (Fsp3) is 0.0909.